The number of fused-ring (bicyclic) bond motifs is 1. The molecule has 0 aliphatic rings. The van der Waals surface area contributed by atoms with Gasteiger partial charge in [-0.2, -0.15) is 0 Å². The predicted octanol–water partition coefficient (Wildman–Crippen LogP) is 7.48. The summed E-state index contributed by atoms with van der Waals surface area (Å²) in [4.78, 5) is 4.76. The lowest BCUT2D eigenvalue weighted by atomic mass is 10.0. The molecule has 1 aromatic heterocycles. The Balaban J connectivity index is 1.46. The summed E-state index contributed by atoms with van der Waals surface area (Å²) < 4.78 is 0. The SMILES string of the molecule is CCCCCCCCCCCCCCc1ccc2ccccc2n1. The van der Waals surface area contributed by atoms with Crippen molar-refractivity contribution in [3.05, 3.63) is 42.1 Å². The second kappa shape index (κ2) is 12.1. The molecule has 0 saturated carbocycles. The molecule has 1 aromatic carbocycles. The summed E-state index contributed by atoms with van der Waals surface area (Å²) >= 11 is 0. The van der Waals surface area contributed by atoms with Gasteiger partial charge in [0, 0.05) is 11.1 Å². The minimum atomic E-state index is 1.13. The molecule has 0 saturated heterocycles. The molecule has 2 rings (SSSR count). The van der Waals surface area contributed by atoms with Crippen molar-refractivity contribution in [1.29, 1.82) is 0 Å². The van der Waals surface area contributed by atoms with E-state index in [9.17, 15) is 0 Å². The van der Waals surface area contributed by atoms with Crippen LogP contribution in [0.3, 0.4) is 0 Å². The minimum absolute atomic E-state index is 1.13. The van der Waals surface area contributed by atoms with Gasteiger partial charge in [-0.15, -0.1) is 0 Å². The number of nitrogens with zero attached hydrogens (tertiary/aromatic N) is 1. The average molecular weight is 326 g/mol. The van der Waals surface area contributed by atoms with Crippen molar-refractivity contribution < 1.29 is 0 Å². The number of pyridine rings is 1. The van der Waals surface area contributed by atoms with Crippen LogP contribution in [0.2, 0.25) is 0 Å². The third-order valence-corrected chi connectivity index (χ3v) is 4.94. The Hall–Kier alpha value is -1.37. The maximum Gasteiger partial charge on any atom is 0.0705 e. The van der Waals surface area contributed by atoms with E-state index in [1.807, 2.05) is 0 Å². The first-order chi connectivity index (χ1) is 11.9. The van der Waals surface area contributed by atoms with E-state index in [2.05, 4.69) is 43.3 Å². The van der Waals surface area contributed by atoms with Gasteiger partial charge in [0.1, 0.15) is 0 Å². The number of aromatic nitrogens is 1. The van der Waals surface area contributed by atoms with E-state index in [-0.39, 0.29) is 0 Å². The Kier molecular flexibility index (Phi) is 9.53. The zero-order valence-corrected chi connectivity index (χ0v) is 15.6. The highest BCUT2D eigenvalue weighted by Crippen LogP contribution is 2.15. The molecular weight excluding hydrogens is 290 g/mol. The van der Waals surface area contributed by atoms with Crippen molar-refractivity contribution >= 4 is 10.9 Å². The molecule has 0 fully saturated rings. The quantitative estimate of drug-likeness (QED) is 0.348. The van der Waals surface area contributed by atoms with Crippen molar-refractivity contribution in [3.63, 3.8) is 0 Å². The third kappa shape index (κ3) is 7.47. The molecule has 1 heterocycles. The standard InChI is InChI=1S/C23H35N/c1-2-3-4-5-6-7-8-9-10-11-12-13-17-22-20-19-21-16-14-15-18-23(21)24-22/h14-16,18-20H,2-13,17H2,1H3. The van der Waals surface area contributed by atoms with Gasteiger partial charge in [-0.1, -0.05) is 102 Å². The maximum absolute atomic E-state index is 4.76. The van der Waals surface area contributed by atoms with Crippen molar-refractivity contribution in [2.75, 3.05) is 0 Å². The topological polar surface area (TPSA) is 12.9 Å². The van der Waals surface area contributed by atoms with Crippen LogP contribution in [-0.2, 0) is 6.42 Å². The van der Waals surface area contributed by atoms with Crippen LogP contribution in [-0.4, -0.2) is 4.98 Å². The largest absolute Gasteiger partial charge is 0.253 e. The second-order valence-corrected chi connectivity index (χ2v) is 7.13. The number of rotatable bonds is 13. The fourth-order valence-corrected chi connectivity index (χ4v) is 3.39. The van der Waals surface area contributed by atoms with Crippen LogP contribution >= 0.6 is 0 Å². The summed E-state index contributed by atoms with van der Waals surface area (Å²) in [5.74, 6) is 0. The molecule has 0 radical (unpaired) electrons. The highest BCUT2D eigenvalue weighted by Gasteiger charge is 1.99. The summed E-state index contributed by atoms with van der Waals surface area (Å²) in [7, 11) is 0. The van der Waals surface area contributed by atoms with Crippen molar-refractivity contribution in [2.45, 2.75) is 90.4 Å². The van der Waals surface area contributed by atoms with Gasteiger partial charge in [0.15, 0.2) is 0 Å². The number of para-hydroxylation sites is 1. The number of hydrogen-bond acceptors (Lipinski definition) is 1. The van der Waals surface area contributed by atoms with Gasteiger partial charge < -0.3 is 0 Å². The molecule has 0 N–H and O–H groups in total. The van der Waals surface area contributed by atoms with E-state index in [0.717, 1.165) is 11.9 Å². The van der Waals surface area contributed by atoms with Crippen LogP contribution in [0.25, 0.3) is 10.9 Å². The Labute approximate surface area is 148 Å². The molecule has 0 atom stereocenters. The normalized spacial score (nSPS) is 11.2. The number of unbranched alkanes of at least 4 members (excludes halogenated alkanes) is 11. The molecule has 0 aliphatic carbocycles. The number of aryl methyl sites for hydroxylation is 1. The highest BCUT2D eigenvalue weighted by atomic mass is 14.7. The molecule has 1 nitrogen and oxygen atoms in total. The zero-order valence-electron chi connectivity index (χ0n) is 15.6. The summed E-state index contributed by atoms with van der Waals surface area (Å²) in [5.41, 5.74) is 2.38. The molecule has 132 valence electrons. The molecule has 0 unspecified atom stereocenters. The maximum atomic E-state index is 4.76. The summed E-state index contributed by atoms with van der Waals surface area (Å²) in [6.07, 6.45) is 18.0. The Bertz CT molecular complexity index is 561. The fraction of sp³-hybridized carbons (Fsp3) is 0.609. The van der Waals surface area contributed by atoms with Crippen molar-refractivity contribution in [2.24, 2.45) is 0 Å². The summed E-state index contributed by atoms with van der Waals surface area (Å²) in [6.45, 7) is 2.29. The van der Waals surface area contributed by atoms with Crippen LogP contribution < -0.4 is 0 Å². The molecule has 0 spiro atoms. The Morgan fingerprint density at radius 3 is 1.88 bits per heavy atom. The van der Waals surface area contributed by atoms with Gasteiger partial charge in [-0.3, -0.25) is 4.98 Å². The monoisotopic (exact) mass is 325 g/mol. The van der Waals surface area contributed by atoms with Crippen molar-refractivity contribution in [1.82, 2.24) is 4.98 Å². The van der Waals surface area contributed by atoms with Gasteiger partial charge in [0.25, 0.3) is 0 Å². The third-order valence-electron chi connectivity index (χ3n) is 4.94. The fourth-order valence-electron chi connectivity index (χ4n) is 3.39. The lowest BCUT2D eigenvalue weighted by molar-refractivity contribution is 0.543. The first-order valence-electron chi connectivity index (χ1n) is 10.2. The Morgan fingerprint density at radius 2 is 1.21 bits per heavy atom. The van der Waals surface area contributed by atoms with Crippen LogP contribution in [0.4, 0.5) is 0 Å². The van der Waals surface area contributed by atoms with Gasteiger partial charge in [0.05, 0.1) is 5.52 Å². The zero-order chi connectivity index (χ0) is 16.9. The molecule has 1 heteroatoms. The first-order valence-corrected chi connectivity index (χ1v) is 10.2. The van der Waals surface area contributed by atoms with E-state index < -0.39 is 0 Å². The van der Waals surface area contributed by atoms with Gasteiger partial charge >= 0.3 is 0 Å². The minimum Gasteiger partial charge on any atom is -0.253 e. The second-order valence-electron chi connectivity index (χ2n) is 7.13. The first kappa shape index (κ1) is 19.0. The Morgan fingerprint density at radius 1 is 0.625 bits per heavy atom. The van der Waals surface area contributed by atoms with E-state index in [1.54, 1.807) is 0 Å². The summed E-state index contributed by atoms with van der Waals surface area (Å²) in [6, 6.07) is 12.8. The number of hydrogen-bond donors (Lipinski definition) is 0. The van der Waals surface area contributed by atoms with Gasteiger partial charge in [-0.25, -0.2) is 0 Å². The van der Waals surface area contributed by atoms with Crippen LogP contribution in [0.1, 0.15) is 89.7 Å². The lowest BCUT2D eigenvalue weighted by Crippen LogP contribution is -1.91. The van der Waals surface area contributed by atoms with Gasteiger partial charge in [0.2, 0.25) is 0 Å². The summed E-state index contributed by atoms with van der Waals surface area (Å²) in [5, 5.41) is 1.25. The van der Waals surface area contributed by atoms with E-state index in [1.165, 1.54) is 88.1 Å². The van der Waals surface area contributed by atoms with E-state index >= 15 is 0 Å². The average Bonchev–Trinajstić information content (AvgIpc) is 2.62. The number of benzene rings is 1. The molecule has 0 aliphatic heterocycles. The molecule has 2 aromatic rings. The van der Waals surface area contributed by atoms with Crippen LogP contribution in [0, 0.1) is 0 Å². The predicted molar refractivity (Wildman–Crippen MR) is 107 cm³/mol. The molecule has 0 bridgehead atoms. The molecular formula is C23H35N. The molecule has 24 heavy (non-hydrogen) atoms. The smallest absolute Gasteiger partial charge is 0.0705 e. The van der Waals surface area contributed by atoms with E-state index in [0.29, 0.717) is 0 Å². The van der Waals surface area contributed by atoms with Crippen molar-refractivity contribution in [3.8, 4) is 0 Å². The molecule has 0 amide bonds. The van der Waals surface area contributed by atoms with Gasteiger partial charge in [-0.05, 0) is 25.0 Å². The van der Waals surface area contributed by atoms with Crippen LogP contribution in [0.5, 0.6) is 0 Å². The van der Waals surface area contributed by atoms with Crippen LogP contribution in [0.15, 0.2) is 36.4 Å². The van der Waals surface area contributed by atoms with E-state index in [4.69, 9.17) is 4.98 Å². The highest BCUT2D eigenvalue weighted by molar-refractivity contribution is 5.78. The lowest BCUT2D eigenvalue weighted by Gasteiger charge is -2.04.